The van der Waals surface area contributed by atoms with Crippen molar-refractivity contribution < 1.29 is 9.90 Å². The summed E-state index contributed by atoms with van der Waals surface area (Å²) in [4.78, 5) is 13.7. The minimum absolute atomic E-state index is 0.409. The van der Waals surface area contributed by atoms with Crippen LogP contribution in [0.2, 0.25) is 0 Å². The van der Waals surface area contributed by atoms with E-state index in [1.54, 1.807) is 0 Å². The van der Waals surface area contributed by atoms with Crippen LogP contribution in [0, 0.1) is 0 Å². The molecule has 1 unspecified atom stereocenters. The summed E-state index contributed by atoms with van der Waals surface area (Å²) in [5, 5.41) is 13.0. The van der Waals surface area contributed by atoms with Gasteiger partial charge in [-0.05, 0) is 39.3 Å². The Morgan fingerprint density at radius 3 is 2.59 bits per heavy atom. The highest BCUT2D eigenvalue weighted by Crippen LogP contribution is 2.25. The average molecular weight is 240 g/mol. The van der Waals surface area contributed by atoms with E-state index in [1.807, 2.05) is 7.05 Å². The summed E-state index contributed by atoms with van der Waals surface area (Å²) in [5.74, 6) is -0.672. The number of carboxylic acid groups (broad SMARTS) is 1. The molecule has 0 spiro atoms. The highest BCUT2D eigenvalue weighted by Gasteiger charge is 2.42. The molecule has 0 aromatic carbocycles. The Morgan fingerprint density at radius 2 is 2.00 bits per heavy atom. The molecule has 0 aromatic rings. The average Bonchev–Trinajstić information content (AvgIpc) is 2.30. The first-order chi connectivity index (χ1) is 8.12. The molecule has 98 valence electrons. The molecule has 0 bridgehead atoms. The lowest BCUT2D eigenvalue weighted by Gasteiger charge is -2.42. The Bertz CT molecular complexity index is 277. The first-order valence-corrected chi connectivity index (χ1v) is 6.82. The molecule has 1 aliphatic carbocycles. The summed E-state index contributed by atoms with van der Waals surface area (Å²) >= 11 is 0. The van der Waals surface area contributed by atoms with Crippen molar-refractivity contribution in [3.8, 4) is 0 Å². The van der Waals surface area contributed by atoms with Gasteiger partial charge < -0.3 is 10.0 Å². The monoisotopic (exact) mass is 240 g/mol. The van der Waals surface area contributed by atoms with E-state index >= 15 is 0 Å². The number of carbonyl (C=O) groups is 1. The van der Waals surface area contributed by atoms with Crippen LogP contribution in [0.25, 0.3) is 0 Å². The van der Waals surface area contributed by atoms with Crippen molar-refractivity contribution in [2.75, 3.05) is 20.1 Å². The van der Waals surface area contributed by atoms with Crippen molar-refractivity contribution in [1.29, 1.82) is 0 Å². The standard InChI is InChI=1S/C13H24N2O2/c1-15-9-5-8-13(10-15,12(16)17)14-11-6-3-2-4-7-11/h11,14H,2-10H2,1H3,(H,16,17). The fourth-order valence-electron chi connectivity index (χ4n) is 3.26. The Labute approximate surface area is 103 Å². The lowest BCUT2D eigenvalue weighted by atomic mass is 9.85. The van der Waals surface area contributed by atoms with Gasteiger partial charge in [0.15, 0.2) is 0 Å². The van der Waals surface area contributed by atoms with Crippen LogP contribution in [0.1, 0.15) is 44.9 Å². The molecular formula is C13H24N2O2. The number of nitrogens with one attached hydrogen (secondary N) is 1. The lowest BCUT2D eigenvalue weighted by molar-refractivity contribution is -0.148. The summed E-state index contributed by atoms with van der Waals surface area (Å²) in [6.07, 6.45) is 7.80. The maximum atomic E-state index is 11.6. The number of aliphatic carboxylic acids is 1. The minimum atomic E-state index is -0.699. The van der Waals surface area contributed by atoms with Crippen molar-refractivity contribution in [2.24, 2.45) is 0 Å². The zero-order valence-corrected chi connectivity index (χ0v) is 10.7. The van der Waals surface area contributed by atoms with Crippen molar-refractivity contribution >= 4 is 5.97 Å². The van der Waals surface area contributed by atoms with Gasteiger partial charge in [0.05, 0.1) is 0 Å². The van der Waals surface area contributed by atoms with Crippen LogP contribution in [0.5, 0.6) is 0 Å². The van der Waals surface area contributed by atoms with Crippen LogP contribution in [-0.2, 0) is 4.79 Å². The van der Waals surface area contributed by atoms with Gasteiger partial charge in [-0.25, -0.2) is 0 Å². The van der Waals surface area contributed by atoms with Gasteiger partial charge in [-0.3, -0.25) is 10.1 Å². The number of rotatable bonds is 3. The van der Waals surface area contributed by atoms with Gasteiger partial charge in [0, 0.05) is 12.6 Å². The molecule has 2 N–H and O–H groups in total. The van der Waals surface area contributed by atoms with E-state index in [9.17, 15) is 9.90 Å². The molecule has 2 rings (SSSR count). The van der Waals surface area contributed by atoms with Gasteiger partial charge in [0.1, 0.15) is 5.54 Å². The Kier molecular flexibility index (Phi) is 4.05. The van der Waals surface area contributed by atoms with Crippen LogP contribution < -0.4 is 5.32 Å². The van der Waals surface area contributed by atoms with E-state index in [4.69, 9.17) is 0 Å². The van der Waals surface area contributed by atoms with Crippen LogP contribution >= 0.6 is 0 Å². The van der Waals surface area contributed by atoms with Gasteiger partial charge in [-0.1, -0.05) is 19.3 Å². The highest BCUT2D eigenvalue weighted by molar-refractivity contribution is 5.79. The predicted molar refractivity (Wildman–Crippen MR) is 67.1 cm³/mol. The molecule has 4 heteroatoms. The second-order valence-electron chi connectivity index (χ2n) is 5.71. The van der Waals surface area contributed by atoms with Crippen molar-refractivity contribution in [3.05, 3.63) is 0 Å². The van der Waals surface area contributed by atoms with Crippen LogP contribution in [0.15, 0.2) is 0 Å². The number of likely N-dealkylation sites (tertiary alicyclic amines) is 1. The van der Waals surface area contributed by atoms with Gasteiger partial charge in [0.2, 0.25) is 0 Å². The zero-order chi connectivity index (χ0) is 12.3. The molecule has 1 saturated heterocycles. The van der Waals surface area contributed by atoms with Gasteiger partial charge in [-0.15, -0.1) is 0 Å². The molecular weight excluding hydrogens is 216 g/mol. The third-order valence-corrected chi connectivity index (χ3v) is 4.18. The summed E-state index contributed by atoms with van der Waals surface area (Å²) in [6.45, 7) is 1.65. The molecule has 2 aliphatic rings. The fraction of sp³-hybridized carbons (Fsp3) is 0.923. The number of hydrogen-bond acceptors (Lipinski definition) is 3. The van der Waals surface area contributed by atoms with E-state index in [0.29, 0.717) is 12.6 Å². The smallest absolute Gasteiger partial charge is 0.325 e. The summed E-state index contributed by atoms with van der Waals surface area (Å²) in [5.41, 5.74) is -0.699. The first kappa shape index (κ1) is 12.8. The molecule has 0 aromatic heterocycles. The second-order valence-corrected chi connectivity index (χ2v) is 5.71. The van der Waals surface area contributed by atoms with E-state index in [2.05, 4.69) is 10.2 Å². The molecule has 2 fully saturated rings. The molecule has 17 heavy (non-hydrogen) atoms. The Morgan fingerprint density at radius 1 is 1.29 bits per heavy atom. The third-order valence-electron chi connectivity index (χ3n) is 4.18. The number of likely N-dealkylation sites (N-methyl/N-ethyl adjacent to an activating group) is 1. The van der Waals surface area contributed by atoms with E-state index in [1.165, 1.54) is 19.3 Å². The van der Waals surface area contributed by atoms with E-state index in [0.717, 1.165) is 32.2 Å². The van der Waals surface area contributed by atoms with Gasteiger partial charge in [0.25, 0.3) is 0 Å². The molecule has 4 nitrogen and oxygen atoms in total. The fourth-order valence-corrected chi connectivity index (χ4v) is 3.26. The number of piperidine rings is 1. The maximum Gasteiger partial charge on any atom is 0.325 e. The molecule has 1 aliphatic heterocycles. The molecule has 0 radical (unpaired) electrons. The second kappa shape index (κ2) is 5.36. The van der Waals surface area contributed by atoms with Gasteiger partial charge in [-0.2, -0.15) is 0 Å². The molecule has 1 saturated carbocycles. The Balaban J connectivity index is 2.02. The summed E-state index contributed by atoms with van der Waals surface area (Å²) in [6, 6.07) is 0.409. The number of carboxylic acids is 1. The maximum absolute atomic E-state index is 11.6. The minimum Gasteiger partial charge on any atom is -0.480 e. The molecule has 0 amide bonds. The SMILES string of the molecule is CN1CCCC(NC2CCCCC2)(C(=O)O)C1. The van der Waals surface area contributed by atoms with Crippen molar-refractivity contribution in [2.45, 2.75) is 56.5 Å². The van der Waals surface area contributed by atoms with Crippen molar-refractivity contribution in [3.63, 3.8) is 0 Å². The first-order valence-electron chi connectivity index (χ1n) is 6.82. The third kappa shape index (κ3) is 2.99. The van der Waals surface area contributed by atoms with Crippen LogP contribution in [0.3, 0.4) is 0 Å². The van der Waals surface area contributed by atoms with Gasteiger partial charge >= 0.3 is 5.97 Å². The van der Waals surface area contributed by atoms with Crippen LogP contribution in [-0.4, -0.2) is 47.7 Å². The topological polar surface area (TPSA) is 52.6 Å². The molecule has 1 heterocycles. The predicted octanol–water partition coefficient (Wildman–Crippen LogP) is 1.46. The highest BCUT2D eigenvalue weighted by atomic mass is 16.4. The Hall–Kier alpha value is -0.610. The summed E-state index contributed by atoms with van der Waals surface area (Å²) in [7, 11) is 2.01. The number of nitrogens with zero attached hydrogens (tertiary/aromatic N) is 1. The van der Waals surface area contributed by atoms with Crippen molar-refractivity contribution in [1.82, 2.24) is 10.2 Å². The lowest BCUT2D eigenvalue weighted by Crippen LogP contribution is -2.63. The van der Waals surface area contributed by atoms with E-state index in [-0.39, 0.29) is 0 Å². The largest absolute Gasteiger partial charge is 0.480 e. The van der Waals surface area contributed by atoms with E-state index < -0.39 is 11.5 Å². The zero-order valence-electron chi connectivity index (χ0n) is 10.7. The number of hydrogen-bond donors (Lipinski definition) is 2. The molecule has 1 atom stereocenters. The normalized spacial score (nSPS) is 32.5. The van der Waals surface area contributed by atoms with Crippen LogP contribution in [0.4, 0.5) is 0 Å². The quantitative estimate of drug-likeness (QED) is 0.784. The summed E-state index contributed by atoms with van der Waals surface area (Å²) < 4.78 is 0.